The van der Waals surface area contributed by atoms with Crippen LogP contribution >= 0.6 is 0 Å². The van der Waals surface area contributed by atoms with E-state index >= 15 is 0 Å². The number of aliphatic hydroxyl groups is 1. The van der Waals surface area contributed by atoms with Crippen molar-refractivity contribution in [3.63, 3.8) is 0 Å². The molecule has 2 heterocycles. The van der Waals surface area contributed by atoms with Crippen molar-refractivity contribution in [3.05, 3.63) is 29.8 Å². The molecule has 1 aromatic carbocycles. The highest BCUT2D eigenvalue weighted by atomic mass is 16.3. The van der Waals surface area contributed by atoms with Crippen LogP contribution in [-0.2, 0) is 16.0 Å². The fourth-order valence-electron chi connectivity index (χ4n) is 3.61. The number of hydrogen-bond acceptors (Lipinski definition) is 4. The molecule has 1 spiro atoms. The highest BCUT2D eigenvalue weighted by molar-refractivity contribution is 5.86. The summed E-state index contributed by atoms with van der Waals surface area (Å²) in [7, 11) is 0. The summed E-state index contributed by atoms with van der Waals surface area (Å²) >= 11 is 0. The second kappa shape index (κ2) is 6.20. The molecule has 0 bridgehead atoms. The number of benzene rings is 1. The van der Waals surface area contributed by atoms with E-state index < -0.39 is 11.5 Å². The zero-order valence-electron chi connectivity index (χ0n) is 13.0. The quantitative estimate of drug-likeness (QED) is 0.737. The van der Waals surface area contributed by atoms with E-state index in [0.717, 1.165) is 12.0 Å². The molecule has 2 fully saturated rings. The summed E-state index contributed by atoms with van der Waals surface area (Å²) in [5.41, 5.74) is -0.131. The fourth-order valence-corrected chi connectivity index (χ4v) is 3.61. The average Bonchev–Trinajstić information content (AvgIpc) is 2.52. The molecule has 23 heavy (non-hydrogen) atoms. The maximum absolute atomic E-state index is 12.5. The van der Waals surface area contributed by atoms with E-state index in [1.54, 1.807) is 29.2 Å². The van der Waals surface area contributed by atoms with Crippen LogP contribution in [0.4, 0.5) is 0 Å². The Kier molecular flexibility index (Phi) is 4.26. The van der Waals surface area contributed by atoms with E-state index in [9.17, 15) is 19.8 Å². The van der Waals surface area contributed by atoms with Gasteiger partial charge in [-0.05, 0) is 37.0 Å². The maximum atomic E-state index is 12.5. The topological polar surface area (TPSA) is 89.9 Å². The summed E-state index contributed by atoms with van der Waals surface area (Å²) < 4.78 is 0. The van der Waals surface area contributed by atoms with Crippen molar-refractivity contribution in [2.45, 2.75) is 31.8 Å². The van der Waals surface area contributed by atoms with Gasteiger partial charge in [0, 0.05) is 19.6 Å². The van der Waals surface area contributed by atoms with Crippen LogP contribution in [0.25, 0.3) is 0 Å². The lowest BCUT2D eigenvalue weighted by Gasteiger charge is -2.46. The summed E-state index contributed by atoms with van der Waals surface area (Å²) in [5, 5.41) is 22.7. The molecule has 0 aromatic heterocycles. The van der Waals surface area contributed by atoms with Crippen LogP contribution in [0.15, 0.2) is 24.3 Å². The van der Waals surface area contributed by atoms with Crippen molar-refractivity contribution in [2.75, 3.05) is 19.6 Å². The van der Waals surface area contributed by atoms with Gasteiger partial charge in [0.05, 0.1) is 17.9 Å². The molecule has 2 saturated heterocycles. The number of nitrogens with zero attached hydrogens (tertiary/aromatic N) is 1. The van der Waals surface area contributed by atoms with Crippen LogP contribution in [0.5, 0.6) is 5.75 Å². The molecule has 3 rings (SSSR count). The minimum atomic E-state index is -0.870. The number of carbonyl (C=O) groups excluding carboxylic acids is 2. The van der Waals surface area contributed by atoms with Gasteiger partial charge >= 0.3 is 0 Å². The van der Waals surface area contributed by atoms with E-state index in [1.165, 1.54) is 0 Å². The van der Waals surface area contributed by atoms with Crippen LogP contribution in [0.3, 0.4) is 0 Å². The molecule has 0 saturated carbocycles. The Labute approximate surface area is 135 Å². The van der Waals surface area contributed by atoms with Gasteiger partial charge in [0.25, 0.3) is 0 Å². The van der Waals surface area contributed by atoms with Gasteiger partial charge in [-0.3, -0.25) is 9.59 Å². The van der Waals surface area contributed by atoms with Gasteiger partial charge in [-0.1, -0.05) is 12.1 Å². The monoisotopic (exact) mass is 318 g/mol. The van der Waals surface area contributed by atoms with Gasteiger partial charge in [0.15, 0.2) is 0 Å². The standard InChI is InChI=1S/C17H22N2O4/c20-13-4-1-3-12(9-13)10-15(22)19-8-5-14(21)17(11-19)6-2-7-18-16(17)23/h1,3-4,9,14,20-21H,2,5-8,10-11H2,(H,18,23)/t14-,17-/m1/s1. The first-order valence-corrected chi connectivity index (χ1v) is 8.03. The molecule has 124 valence electrons. The first kappa shape index (κ1) is 15.8. The Hall–Kier alpha value is -2.08. The summed E-state index contributed by atoms with van der Waals surface area (Å²) in [5.74, 6) is -0.0983. The van der Waals surface area contributed by atoms with Crippen molar-refractivity contribution < 1.29 is 19.8 Å². The largest absolute Gasteiger partial charge is 0.508 e. The van der Waals surface area contributed by atoms with E-state index in [1.807, 2.05) is 0 Å². The summed E-state index contributed by atoms with van der Waals surface area (Å²) in [4.78, 5) is 26.5. The lowest BCUT2D eigenvalue weighted by Crippen LogP contribution is -2.62. The third kappa shape index (κ3) is 3.03. The van der Waals surface area contributed by atoms with E-state index in [4.69, 9.17) is 0 Å². The normalized spacial score (nSPS) is 27.8. The smallest absolute Gasteiger partial charge is 0.230 e. The van der Waals surface area contributed by atoms with Crippen molar-refractivity contribution in [1.29, 1.82) is 0 Å². The maximum Gasteiger partial charge on any atom is 0.230 e. The highest BCUT2D eigenvalue weighted by Crippen LogP contribution is 2.37. The number of likely N-dealkylation sites (tertiary alicyclic amines) is 1. The molecule has 2 aliphatic rings. The van der Waals surface area contributed by atoms with Crippen molar-refractivity contribution >= 4 is 11.8 Å². The number of hydrogen-bond donors (Lipinski definition) is 3. The van der Waals surface area contributed by atoms with Crippen LogP contribution in [0.1, 0.15) is 24.8 Å². The second-order valence-corrected chi connectivity index (χ2v) is 6.48. The Morgan fingerprint density at radius 1 is 1.43 bits per heavy atom. The van der Waals surface area contributed by atoms with Gasteiger partial charge in [0.1, 0.15) is 5.75 Å². The van der Waals surface area contributed by atoms with Gasteiger partial charge in [-0.2, -0.15) is 0 Å². The van der Waals surface area contributed by atoms with Crippen molar-refractivity contribution in [3.8, 4) is 5.75 Å². The molecule has 3 N–H and O–H groups in total. The second-order valence-electron chi connectivity index (χ2n) is 6.48. The number of rotatable bonds is 2. The number of nitrogens with one attached hydrogen (secondary N) is 1. The third-order valence-corrected chi connectivity index (χ3v) is 4.94. The number of phenolic OH excluding ortho intramolecular Hbond substituents is 1. The highest BCUT2D eigenvalue weighted by Gasteiger charge is 2.50. The lowest BCUT2D eigenvalue weighted by atomic mass is 9.71. The van der Waals surface area contributed by atoms with Crippen LogP contribution in [0.2, 0.25) is 0 Å². The summed E-state index contributed by atoms with van der Waals surface area (Å²) in [6.07, 6.45) is 1.32. The Morgan fingerprint density at radius 2 is 2.26 bits per heavy atom. The first-order valence-electron chi connectivity index (χ1n) is 8.03. The van der Waals surface area contributed by atoms with Gasteiger partial charge in [0.2, 0.25) is 11.8 Å². The summed E-state index contributed by atoms with van der Waals surface area (Å²) in [6, 6.07) is 6.62. The number of amides is 2. The minimum absolute atomic E-state index is 0.0831. The number of piperidine rings is 2. The van der Waals surface area contributed by atoms with Crippen LogP contribution in [0, 0.1) is 5.41 Å². The SMILES string of the molecule is O=C(Cc1cccc(O)c1)N1CC[C@@H](O)[C@@]2(CCCNC2=O)C1. The van der Waals surface area contributed by atoms with Gasteiger partial charge in [-0.25, -0.2) is 0 Å². The molecule has 0 radical (unpaired) electrons. The molecule has 2 amide bonds. The van der Waals surface area contributed by atoms with Gasteiger partial charge in [-0.15, -0.1) is 0 Å². The molecule has 2 atom stereocenters. The summed E-state index contributed by atoms with van der Waals surface area (Å²) in [6.45, 7) is 1.34. The lowest BCUT2D eigenvalue weighted by molar-refractivity contribution is -0.154. The number of carbonyl (C=O) groups is 2. The number of phenols is 1. The molecule has 0 aliphatic carbocycles. The zero-order valence-corrected chi connectivity index (χ0v) is 13.0. The first-order chi connectivity index (χ1) is 11.0. The molecule has 6 heteroatoms. The van der Waals surface area contributed by atoms with Crippen LogP contribution in [-0.4, -0.2) is 52.7 Å². The Balaban J connectivity index is 1.73. The fraction of sp³-hybridized carbons (Fsp3) is 0.529. The predicted molar refractivity (Wildman–Crippen MR) is 83.7 cm³/mol. The van der Waals surface area contributed by atoms with E-state index in [2.05, 4.69) is 5.32 Å². The Morgan fingerprint density at radius 3 is 3.00 bits per heavy atom. The molecular formula is C17H22N2O4. The molecule has 6 nitrogen and oxygen atoms in total. The number of aromatic hydroxyl groups is 1. The van der Waals surface area contributed by atoms with E-state index in [-0.39, 0.29) is 30.5 Å². The minimum Gasteiger partial charge on any atom is -0.508 e. The molecular weight excluding hydrogens is 296 g/mol. The molecule has 0 unspecified atom stereocenters. The average molecular weight is 318 g/mol. The van der Waals surface area contributed by atoms with Crippen LogP contribution < -0.4 is 5.32 Å². The third-order valence-electron chi connectivity index (χ3n) is 4.94. The van der Waals surface area contributed by atoms with E-state index in [0.29, 0.717) is 25.9 Å². The van der Waals surface area contributed by atoms with Crippen molar-refractivity contribution in [2.24, 2.45) is 5.41 Å². The Bertz CT molecular complexity index is 618. The predicted octanol–water partition coefficient (Wildman–Crippen LogP) is 0.424. The zero-order chi connectivity index (χ0) is 16.4. The molecule has 2 aliphatic heterocycles. The van der Waals surface area contributed by atoms with Crippen molar-refractivity contribution in [1.82, 2.24) is 10.2 Å². The van der Waals surface area contributed by atoms with Gasteiger partial charge < -0.3 is 20.4 Å². The number of aliphatic hydroxyl groups excluding tert-OH is 1. The molecule has 1 aromatic rings.